The van der Waals surface area contributed by atoms with Gasteiger partial charge in [0.05, 0.1) is 91.9 Å². The van der Waals surface area contributed by atoms with Crippen LogP contribution in [0.3, 0.4) is 0 Å². The molecule has 5 aliphatic rings. The summed E-state index contributed by atoms with van der Waals surface area (Å²) in [5.41, 5.74) is 8.80. The number of ether oxygens (including phenoxy) is 5. The van der Waals surface area contributed by atoms with Crippen LogP contribution < -0.4 is 16.0 Å². The molecule has 0 amide bonds. The van der Waals surface area contributed by atoms with Crippen LogP contribution in [0.2, 0.25) is 0 Å². The zero-order chi connectivity index (χ0) is 83.7. The predicted molar refractivity (Wildman–Crippen MR) is 435 cm³/mol. The molecule has 0 radical (unpaired) electrons. The summed E-state index contributed by atoms with van der Waals surface area (Å²) in [6, 6.07) is 6.58. The summed E-state index contributed by atoms with van der Waals surface area (Å²) >= 11 is 0. The largest absolute Gasteiger partial charge is 0.470 e. The van der Waals surface area contributed by atoms with Gasteiger partial charge in [-0.3, -0.25) is 14.0 Å². The maximum absolute atomic E-state index is 13.0. The van der Waals surface area contributed by atoms with Crippen LogP contribution in [0.5, 0.6) is 0 Å². The minimum Gasteiger partial charge on any atom is -0.420 e. The third-order valence-corrected chi connectivity index (χ3v) is 23.3. The van der Waals surface area contributed by atoms with Crippen molar-refractivity contribution in [3.8, 4) is 33.4 Å². The molecular weight excluding hydrogens is 1550 g/mol. The molecule has 5 atom stereocenters. The molecule has 2 aliphatic heterocycles. The van der Waals surface area contributed by atoms with E-state index < -0.39 is 28.7 Å². The molecule has 3 aliphatic carbocycles. The molecule has 120 heavy (non-hydrogen) atoms. The first kappa shape index (κ1) is 86.2. The van der Waals surface area contributed by atoms with E-state index in [9.17, 15) is 28.5 Å². The van der Waals surface area contributed by atoms with Gasteiger partial charge in [0, 0.05) is 139 Å². The minimum atomic E-state index is -4.73. The smallest absolute Gasteiger partial charge is 0.420 e. The Morgan fingerprint density at radius 1 is 0.425 bits per heavy atom. The van der Waals surface area contributed by atoms with Gasteiger partial charge >= 0.3 is 12.1 Å². The molecule has 12 aromatic heterocycles. The molecule has 6 N–H and O–H groups in total. The van der Waals surface area contributed by atoms with Gasteiger partial charge in [0.25, 0.3) is 0 Å². The van der Waals surface area contributed by atoms with Crippen LogP contribution in [0, 0.1) is 0 Å². The molecule has 12 aromatic rings. The fourth-order valence-corrected chi connectivity index (χ4v) is 16.4. The average molecular weight is 1670 g/mol. The van der Waals surface area contributed by atoms with Gasteiger partial charge in [0.2, 0.25) is 47.3 Å². The quantitative estimate of drug-likeness (QED) is 0.0293. The molecule has 38 heteroatoms. The Morgan fingerprint density at radius 3 is 1.01 bits per heavy atom. The van der Waals surface area contributed by atoms with Crippen molar-refractivity contribution in [1.29, 1.82) is 0 Å². The van der Waals surface area contributed by atoms with E-state index in [1.807, 2.05) is 109 Å². The van der Waals surface area contributed by atoms with Crippen molar-refractivity contribution in [1.82, 2.24) is 104 Å². The Kier molecular flexibility index (Phi) is 26.0. The molecule has 35 nitrogen and oxygen atoms in total. The highest BCUT2D eigenvalue weighted by atomic mass is 19.4. The fraction of sp³-hybridized carbons (Fsp3) is 0.598. The van der Waals surface area contributed by atoms with Crippen LogP contribution in [0.4, 0.5) is 31.0 Å². The Labute approximate surface area is 692 Å². The van der Waals surface area contributed by atoms with E-state index in [-0.39, 0.29) is 67.9 Å². The number of methoxy groups -OCH3 is 3. The number of fused-ring (bicyclic) bond motifs is 3. The summed E-state index contributed by atoms with van der Waals surface area (Å²) in [4.78, 5) is 13.7. The fourth-order valence-electron chi connectivity index (χ4n) is 16.4. The number of nitrogens with zero attached hydrogens (tertiary/aromatic N) is 21. The summed E-state index contributed by atoms with van der Waals surface area (Å²) in [6.45, 7) is 20.4. The molecule has 646 valence electrons. The van der Waals surface area contributed by atoms with Crippen LogP contribution in [0.15, 0.2) is 87.2 Å². The van der Waals surface area contributed by atoms with Crippen molar-refractivity contribution in [2.24, 2.45) is 0 Å². The Morgan fingerprint density at radius 2 is 0.725 bits per heavy atom. The summed E-state index contributed by atoms with van der Waals surface area (Å²) in [5, 5.41) is 92.5. The number of aromatic nitrogens is 21. The van der Waals surface area contributed by atoms with Crippen molar-refractivity contribution in [3.05, 3.63) is 126 Å². The monoisotopic (exact) mass is 1660 g/mol. The second kappa shape index (κ2) is 36.2. The second-order valence-electron chi connectivity index (χ2n) is 33.6. The van der Waals surface area contributed by atoms with Gasteiger partial charge in [0.15, 0.2) is 0 Å². The van der Waals surface area contributed by atoms with Crippen molar-refractivity contribution < 1.29 is 65.4 Å². The number of anilines is 3. The summed E-state index contributed by atoms with van der Waals surface area (Å²) < 4.78 is 94.4. The number of hydrogen-bond donors (Lipinski definition) is 6. The van der Waals surface area contributed by atoms with Crippen molar-refractivity contribution in [2.45, 2.75) is 262 Å². The number of nitrogens with one attached hydrogen (secondary N) is 3. The average Bonchev–Trinajstić information content (AvgIpc) is 1.61. The molecule has 3 saturated carbocycles. The third-order valence-electron chi connectivity index (χ3n) is 23.3. The van der Waals surface area contributed by atoms with E-state index in [1.165, 1.54) is 4.68 Å². The Balaban J connectivity index is 0.000000147. The minimum absolute atomic E-state index is 0. The van der Waals surface area contributed by atoms with Gasteiger partial charge in [-0.2, -0.15) is 28.5 Å². The lowest BCUT2D eigenvalue weighted by Gasteiger charge is -2.25. The number of aliphatic hydroxyl groups is 3. The highest BCUT2D eigenvalue weighted by molar-refractivity contribution is 5.83. The molecule has 0 unspecified atom stereocenters. The van der Waals surface area contributed by atoms with E-state index in [0.29, 0.717) is 85.9 Å². The molecule has 2 saturated heterocycles. The van der Waals surface area contributed by atoms with Gasteiger partial charge in [0.1, 0.15) is 28.8 Å². The van der Waals surface area contributed by atoms with Gasteiger partial charge in [-0.1, -0.05) is 7.43 Å². The molecule has 17 rings (SSSR count). The van der Waals surface area contributed by atoms with Crippen LogP contribution >= 0.6 is 0 Å². The van der Waals surface area contributed by atoms with Gasteiger partial charge in [-0.15, -0.1) is 45.9 Å². The van der Waals surface area contributed by atoms with Gasteiger partial charge in [-0.25, -0.2) is 28.5 Å². The lowest BCUT2D eigenvalue weighted by Crippen LogP contribution is -2.28. The summed E-state index contributed by atoms with van der Waals surface area (Å²) in [7, 11) is 4.99. The van der Waals surface area contributed by atoms with Gasteiger partial charge in [-0.05, 0) is 183 Å². The molecule has 0 aromatic carbocycles. The normalized spacial score (nSPS) is 21.4. The zero-order valence-electron chi connectivity index (χ0n) is 69.3. The zero-order valence-corrected chi connectivity index (χ0v) is 69.3. The number of hydrogen-bond acceptors (Lipinski definition) is 29. The molecule has 0 spiro atoms. The highest BCUT2D eigenvalue weighted by Crippen LogP contribution is 2.44. The first-order valence-corrected chi connectivity index (χ1v) is 41.1. The first-order chi connectivity index (χ1) is 57.1. The van der Waals surface area contributed by atoms with Crippen LogP contribution in [0.1, 0.15) is 255 Å². The standard InChI is InChI=1S/2C28H38N8O4.C25H31F3N8O3.CH4/c2*1-17(16-38-4)31-27-29-14-23-21(12-22(36(23)34-27)18-7-9-20(37)10-8-18)19-13-30-35(15-19)28(2,3)26-33-32-25(40-26)24-6-5-11-39-24;1-14(13-38-4)31-23-29-11-20-18(9-19(36(20)34-23)15-5-7-17(37)8-6-15)16-10-30-35(12-16)24(2,3)21-32-33-22(39-21)25(26,27)28;/h2*12-15,17-18,20,24,37H,5-11,16H2,1-4H3,(H,31,34);9-12,14-15,17,37H,5-8,13H2,1-4H3,(H,31,34);1H4/t17-,18?,20?,24+;17-,18?,20?,24-;14-,15?,17?;/m000./s1. The third kappa shape index (κ3) is 18.5. The van der Waals surface area contributed by atoms with Crippen LogP contribution in [0.25, 0.3) is 49.9 Å². The maximum Gasteiger partial charge on any atom is 0.470 e. The van der Waals surface area contributed by atoms with E-state index >= 15 is 0 Å². The lowest BCUT2D eigenvalue weighted by molar-refractivity contribution is -0.158. The predicted octanol–water partition coefficient (Wildman–Crippen LogP) is 13.0. The van der Waals surface area contributed by atoms with Gasteiger partial charge < -0.3 is 68.2 Å². The van der Waals surface area contributed by atoms with E-state index in [0.717, 1.165) is 170 Å². The molecule has 14 heterocycles. The summed E-state index contributed by atoms with van der Waals surface area (Å²) in [5.74, 6) is 2.74. The van der Waals surface area contributed by atoms with E-state index in [4.69, 9.17) is 62.4 Å². The maximum atomic E-state index is 13.0. The molecule has 0 bridgehead atoms. The van der Waals surface area contributed by atoms with Crippen LogP contribution in [-0.4, -0.2) is 210 Å². The SMILES string of the molecule is C.COC[C@H](C)Nc1ncc2c(-c3cnn(C(C)(C)c4nnc(C(F)(F)F)o4)c3)cc(C3CCC(O)CC3)n2n1.COC[C@H](C)Nc1ncc2c(-c3cnn(C(C)(C)c4nnc([C@@H]5CCCO5)o4)c3)cc(C3CCC(O)CC3)n2n1.COC[C@H](C)Nc1ncc2c(-c3cnn(C(C)(C)c4nnc([C@H]5CCCO5)o4)c3)cc(C3CCC(O)CC3)n2n1. The number of alkyl halides is 3. The number of rotatable bonds is 26. The first-order valence-electron chi connectivity index (χ1n) is 41.1. The molecule has 5 fully saturated rings. The second-order valence-corrected chi connectivity index (χ2v) is 33.6. The lowest BCUT2D eigenvalue weighted by atomic mass is 9.85. The van der Waals surface area contributed by atoms with Crippen molar-refractivity contribution in [3.63, 3.8) is 0 Å². The number of halogens is 3. The van der Waals surface area contributed by atoms with Crippen molar-refractivity contribution in [2.75, 3.05) is 70.3 Å². The topological polar surface area (TPSA) is 404 Å². The number of aliphatic hydroxyl groups excluding tert-OH is 3. The Hall–Kier alpha value is -10.2. The van der Waals surface area contributed by atoms with Crippen molar-refractivity contribution >= 4 is 34.4 Å². The Bertz CT molecular complexity index is 5150. The summed E-state index contributed by atoms with van der Waals surface area (Å²) in [6.07, 6.45) is 24.5. The highest BCUT2D eigenvalue weighted by Gasteiger charge is 2.42. The van der Waals surface area contributed by atoms with Crippen LogP contribution in [-0.2, 0) is 46.5 Å². The van der Waals surface area contributed by atoms with E-state index in [1.54, 1.807) is 53.8 Å². The van der Waals surface area contributed by atoms with E-state index in [2.05, 4.69) is 84.8 Å². The molecular formula is C82H111F3N24O11.